The third kappa shape index (κ3) is 5.61. The molecule has 0 saturated heterocycles. The summed E-state index contributed by atoms with van der Waals surface area (Å²) in [6, 6.07) is 6.64. The minimum absolute atomic E-state index is 0.234. The van der Waals surface area contributed by atoms with E-state index < -0.39 is 0 Å². The predicted octanol–water partition coefficient (Wildman–Crippen LogP) is 3.70. The van der Waals surface area contributed by atoms with Gasteiger partial charge in [0, 0.05) is 34.4 Å². The molecule has 18 heavy (non-hydrogen) atoms. The Bertz CT molecular complexity index is 371. The molecule has 102 valence electrons. The molecule has 2 nitrogen and oxygen atoms in total. The van der Waals surface area contributed by atoms with Crippen LogP contribution < -0.4 is 5.32 Å². The van der Waals surface area contributed by atoms with Gasteiger partial charge in [0.2, 0.25) is 0 Å². The molecular weight excluding hydrogens is 266 g/mol. The summed E-state index contributed by atoms with van der Waals surface area (Å²) >= 11 is 8.02. The number of hydrogen-bond acceptors (Lipinski definition) is 3. The summed E-state index contributed by atoms with van der Waals surface area (Å²) in [5, 5.41) is 13.5. The first-order valence-electron chi connectivity index (χ1n) is 6.32. The van der Waals surface area contributed by atoms with Crippen LogP contribution in [0.1, 0.15) is 32.8 Å². The van der Waals surface area contributed by atoms with E-state index in [9.17, 15) is 0 Å². The van der Waals surface area contributed by atoms with Gasteiger partial charge in [-0.25, -0.2) is 0 Å². The maximum absolute atomic E-state index is 8.89. The van der Waals surface area contributed by atoms with Gasteiger partial charge in [-0.15, -0.1) is 11.8 Å². The molecule has 1 aromatic carbocycles. The maximum atomic E-state index is 8.89. The fraction of sp³-hybridized carbons (Fsp3) is 0.571. The van der Waals surface area contributed by atoms with Crippen molar-refractivity contribution in [2.75, 3.05) is 6.61 Å². The molecule has 1 rings (SSSR count). The van der Waals surface area contributed by atoms with Crippen LogP contribution >= 0.6 is 23.4 Å². The summed E-state index contributed by atoms with van der Waals surface area (Å²) < 4.78 is 0. The summed E-state index contributed by atoms with van der Waals surface area (Å²) in [7, 11) is 0. The molecule has 0 heterocycles. The highest BCUT2D eigenvalue weighted by Gasteiger charge is 2.07. The van der Waals surface area contributed by atoms with E-state index in [2.05, 4.69) is 38.2 Å². The van der Waals surface area contributed by atoms with E-state index >= 15 is 0 Å². The van der Waals surface area contributed by atoms with Gasteiger partial charge in [-0.1, -0.05) is 38.4 Å². The van der Waals surface area contributed by atoms with Crippen LogP contribution in [0.25, 0.3) is 0 Å². The summed E-state index contributed by atoms with van der Waals surface area (Å²) in [5.74, 6) is 0. The Morgan fingerprint density at radius 2 is 2.06 bits per heavy atom. The number of nitrogens with one attached hydrogen (secondary N) is 1. The lowest BCUT2D eigenvalue weighted by Gasteiger charge is -2.12. The van der Waals surface area contributed by atoms with Crippen LogP contribution in [0, 0.1) is 0 Å². The molecule has 4 heteroatoms. The fourth-order valence-electron chi connectivity index (χ4n) is 1.53. The highest BCUT2D eigenvalue weighted by molar-refractivity contribution is 7.99. The predicted molar refractivity (Wildman–Crippen MR) is 80.4 cm³/mol. The molecule has 0 radical (unpaired) electrons. The van der Waals surface area contributed by atoms with Crippen molar-refractivity contribution in [1.82, 2.24) is 5.32 Å². The van der Waals surface area contributed by atoms with Gasteiger partial charge in [0.15, 0.2) is 0 Å². The van der Waals surface area contributed by atoms with E-state index in [4.69, 9.17) is 16.7 Å². The van der Waals surface area contributed by atoms with Crippen LogP contribution in [0.2, 0.25) is 5.02 Å². The third-order valence-corrected chi connectivity index (χ3v) is 4.11. The van der Waals surface area contributed by atoms with E-state index in [-0.39, 0.29) is 6.61 Å². The monoisotopic (exact) mass is 287 g/mol. The van der Waals surface area contributed by atoms with Gasteiger partial charge in [-0.2, -0.15) is 0 Å². The average molecular weight is 288 g/mol. The molecule has 2 N–H and O–H groups in total. The van der Waals surface area contributed by atoms with E-state index in [0.717, 1.165) is 28.4 Å². The minimum atomic E-state index is 0.234. The number of rotatable bonds is 7. The molecule has 1 aromatic rings. The van der Waals surface area contributed by atoms with Gasteiger partial charge in [-0.3, -0.25) is 0 Å². The van der Waals surface area contributed by atoms with Crippen molar-refractivity contribution in [1.29, 1.82) is 0 Å². The van der Waals surface area contributed by atoms with Crippen molar-refractivity contribution < 1.29 is 5.11 Å². The first-order valence-corrected chi connectivity index (χ1v) is 7.58. The van der Waals surface area contributed by atoms with Crippen LogP contribution in [0.3, 0.4) is 0 Å². The largest absolute Gasteiger partial charge is 0.396 e. The first kappa shape index (κ1) is 15.8. The van der Waals surface area contributed by atoms with Gasteiger partial charge >= 0.3 is 0 Å². The molecule has 0 aliphatic carbocycles. The lowest BCUT2D eigenvalue weighted by Crippen LogP contribution is -2.21. The highest BCUT2D eigenvalue weighted by atomic mass is 35.5. The Labute approximate surface area is 119 Å². The summed E-state index contributed by atoms with van der Waals surface area (Å²) in [6.45, 7) is 7.39. The topological polar surface area (TPSA) is 32.3 Å². The molecule has 0 saturated carbocycles. The van der Waals surface area contributed by atoms with Crippen LogP contribution in [0.15, 0.2) is 23.1 Å². The van der Waals surface area contributed by atoms with Crippen LogP contribution in [0.5, 0.6) is 0 Å². The molecular formula is C14H22ClNOS. The molecule has 0 fully saturated rings. The van der Waals surface area contributed by atoms with Crippen molar-refractivity contribution >= 4 is 23.4 Å². The van der Waals surface area contributed by atoms with Crippen molar-refractivity contribution in [2.24, 2.45) is 0 Å². The van der Waals surface area contributed by atoms with Crippen molar-refractivity contribution in [3.63, 3.8) is 0 Å². The lowest BCUT2D eigenvalue weighted by molar-refractivity contribution is 0.289. The first-order chi connectivity index (χ1) is 8.52. The van der Waals surface area contributed by atoms with E-state index in [1.807, 2.05) is 6.07 Å². The Kier molecular flexibility index (Phi) is 7.08. The zero-order valence-electron chi connectivity index (χ0n) is 11.2. The SMILES string of the molecule is CC(C)NCc1ccc(SC(C)CCO)cc1Cl. The standard InChI is InChI=1S/C14H22ClNOS/c1-10(2)16-9-12-4-5-13(8-14(12)15)18-11(3)6-7-17/h4-5,8,10-11,16-17H,6-7,9H2,1-3H3. The van der Waals surface area contributed by atoms with Gasteiger partial charge in [0.1, 0.15) is 0 Å². The summed E-state index contributed by atoms with van der Waals surface area (Å²) in [6.07, 6.45) is 0.805. The van der Waals surface area contributed by atoms with Crippen molar-refractivity contribution in [3.05, 3.63) is 28.8 Å². The average Bonchev–Trinajstić information content (AvgIpc) is 2.28. The Balaban J connectivity index is 2.61. The van der Waals surface area contributed by atoms with E-state index in [1.54, 1.807) is 11.8 Å². The highest BCUT2D eigenvalue weighted by Crippen LogP contribution is 2.29. The van der Waals surface area contributed by atoms with Crippen molar-refractivity contribution in [3.8, 4) is 0 Å². The van der Waals surface area contributed by atoms with Gasteiger partial charge in [0.05, 0.1) is 0 Å². The second-order valence-corrected chi connectivity index (χ2v) is 6.65. The molecule has 0 aromatic heterocycles. The van der Waals surface area contributed by atoms with Crippen molar-refractivity contribution in [2.45, 2.75) is 49.9 Å². The second kappa shape index (κ2) is 8.05. The maximum Gasteiger partial charge on any atom is 0.0462 e. The van der Waals surface area contributed by atoms with Gasteiger partial charge in [-0.05, 0) is 24.1 Å². The lowest BCUT2D eigenvalue weighted by atomic mass is 10.2. The zero-order chi connectivity index (χ0) is 13.5. The number of halogens is 1. The third-order valence-electron chi connectivity index (χ3n) is 2.60. The Morgan fingerprint density at radius 1 is 1.33 bits per heavy atom. The fourth-order valence-corrected chi connectivity index (χ4v) is 2.86. The number of thioether (sulfide) groups is 1. The molecule has 0 aliphatic rings. The molecule has 1 unspecified atom stereocenters. The molecule has 1 atom stereocenters. The van der Waals surface area contributed by atoms with Gasteiger partial charge in [0.25, 0.3) is 0 Å². The Morgan fingerprint density at radius 3 is 2.61 bits per heavy atom. The van der Waals surface area contributed by atoms with Crippen LogP contribution in [0.4, 0.5) is 0 Å². The molecule has 0 amide bonds. The smallest absolute Gasteiger partial charge is 0.0462 e. The number of benzene rings is 1. The minimum Gasteiger partial charge on any atom is -0.396 e. The molecule has 0 aliphatic heterocycles. The molecule has 0 bridgehead atoms. The normalized spacial score (nSPS) is 13.0. The van der Waals surface area contributed by atoms with E-state index in [0.29, 0.717) is 11.3 Å². The van der Waals surface area contributed by atoms with Gasteiger partial charge < -0.3 is 10.4 Å². The summed E-state index contributed by atoms with van der Waals surface area (Å²) in [5.41, 5.74) is 1.13. The molecule has 0 spiro atoms. The quantitative estimate of drug-likeness (QED) is 0.750. The Hall–Kier alpha value is -0.220. The number of hydrogen-bond donors (Lipinski definition) is 2. The van der Waals surface area contributed by atoms with Crippen LogP contribution in [-0.2, 0) is 6.54 Å². The second-order valence-electron chi connectivity index (χ2n) is 4.73. The van der Waals surface area contributed by atoms with E-state index in [1.165, 1.54) is 0 Å². The summed E-state index contributed by atoms with van der Waals surface area (Å²) in [4.78, 5) is 1.16. The number of aliphatic hydroxyl groups is 1. The number of aliphatic hydroxyl groups excluding tert-OH is 1. The van der Waals surface area contributed by atoms with Crippen LogP contribution in [-0.4, -0.2) is 23.0 Å². The zero-order valence-corrected chi connectivity index (χ0v) is 12.8.